The SMILES string of the molecule is CCCCCc1ccc(-c2cc3ccc(OCCC(F)(F)C(F)(F)C(F)(F)C(F)(F)CC[Si](OCC)(OCC)OCC)cc3oc2=O)c(C(F)(F)F)c1. The van der Waals surface area contributed by atoms with Gasteiger partial charge in [0, 0.05) is 49.3 Å². The molecule has 0 bridgehead atoms. The molecule has 18 heteroatoms. The second-order valence-electron chi connectivity index (χ2n) is 12.1. The van der Waals surface area contributed by atoms with Gasteiger partial charge >= 0.3 is 44.3 Å². The molecular formula is C35H41F11O6Si. The Morgan fingerprint density at radius 3 is 1.81 bits per heavy atom. The van der Waals surface area contributed by atoms with Gasteiger partial charge in [0.05, 0.1) is 24.2 Å². The fourth-order valence-electron chi connectivity index (χ4n) is 5.55. The zero-order valence-corrected chi connectivity index (χ0v) is 30.4. The molecule has 1 aromatic heterocycles. The maximum atomic E-state index is 14.7. The van der Waals surface area contributed by atoms with E-state index in [1.165, 1.54) is 32.9 Å². The molecule has 53 heavy (non-hydrogen) atoms. The number of unbranched alkanes of at least 4 members (excludes halogenated alkanes) is 2. The third-order valence-corrected chi connectivity index (χ3v) is 11.3. The van der Waals surface area contributed by atoms with Gasteiger partial charge in [0.2, 0.25) is 0 Å². The summed E-state index contributed by atoms with van der Waals surface area (Å²) >= 11 is 0. The first-order valence-corrected chi connectivity index (χ1v) is 18.9. The van der Waals surface area contributed by atoms with Crippen LogP contribution in [0.5, 0.6) is 5.75 Å². The number of alkyl halides is 11. The van der Waals surface area contributed by atoms with Crippen molar-refractivity contribution < 1.29 is 70.7 Å². The molecule has 2 aromatic carbocycles. The number of hydrogen-bond acceptors (Lipinski definition) is 6. The van der Waals surface area contributed by atoms with Crippen LogP contribution >= 0.6 is 0 Å². The molecule has 6 nitrogen and oxygen atoms in total. The predicted molar refractivity (Wildman–Crippen MR) is 176 cm³/mol. The van der Waals surface area contributed by atoms with Crippen molar-refractivity contribution in [3.05, 3.63) is 64.0 Å². The molecule has 298 valence electrons. The van der Waals surface area contributed by atoms with E-state index in [0.717, 1.165) is 43.2 Å². The van der Waals surface area contributed by atoms with Crippen molar-refractivity contribution in [1.82, 2.24) is 0 Å². The van der Waals surface area contributed by atoms with Crippen LogP contribution in [0.4, 0.5) is 48.3 Å². The van der Waals surface area contributed by atoms with Crippen molar-refractivity contribution in [2.75, 3.05) is 26.4 Å². The lowest BCUT2D eigenvalue weighted by Gasteiger charge is -2.38. The van der Waals surface area contributed by atoms with E-state index in [4.69, 9.17) is 22.4 Å². The monoisotopic (exact) mass is 794 g/mol. The lowest BCUT2D eigenvalue weighted by atomic mass is 9.95. The van der Waals surface area contributed by atoms with Crippen LogP contribution in [0.3, 0.4) is 0 Å². The maximum absolute atomic E-state index is 14.7. The summed E-state index contributed by atoms with van der Waals surface area (Å²) in [4.78, 5) is 12.8. The summed E-state index contributed by atoms with van der Waals surface area (Å²) in [6.45, 7) is 4.40. The van der Waals surface area contributed by atoms with E-state index in [1.54, 1.807) is 0 Å². The van der Waals surface area contributed by atoms with Crippen LogP contribution < -0.4 is 10.4 Å². The Bertz CT molecular complexity index is 1690. The van der Waals surface area contributed by atoms with E-state index in [0.29, 0.717) is 18.4 Å². The highest BCUT2D eigenvalue weighted by Crippen LogP contribution is 2.55. The highest BCUT2D eigenvalue weighted by atomic mass is 28.4. The van der Waals surface area contributed by atoms with Crippen molar-refractivity contribution >= 4 is 19.8 Å². The van der Waals surface area contributed by atoms with Gasteiger partial charge in [0.15, 0.2) is 0 Å². The Balaban J connectivity index is 1.78. The number of ether oxygens (including phenoxy) is 1. The van der Waals surface area contributed by atoms with Crippen molar-refractivity contribution in [2.24, 2.45) is 0 Å². The standard InChI is InChI=1S/C35H41F11O6Si/c1-5-9-10-11-23-12-15-26(28(20-23)33(40,41)42)27-21-24-13-14-25(22-29(24)52-30(27)47)48-18-16-31(36,37)34(43,44)35(45,46)32(38,39)17-19-53(49-6-2,50-7-3)51-8-4/h12-15,20-22H,5-11,16-19H2,1-4H3. The molecule has 0 aliphatic carbocycles. The number of halogens is 11. The maximum Gasteiger partial charge on any atom is 0.501 e. The second-order valence-corrected chi connectivity index (χ2v) is 14.9. The summed E-state index contributed by atoms with van der Waals surface area (Å²) in [5.74, 6) is -24.9. The fourth-order valence-corrected chi connectivity index (χ4v) is 8.17. The molecule has 0 unspecified atom stereocenters. The van der Waals surface area contributed by atoms with Gasteiger partial charge in [0.25, 0.3) is 0 Å². The van der Waals surface area contributed by atoms with Gasteiger partial charge < -0.3 is 22.4 Å². The Morgan fingerprint density at radius 1 is 0.679 bits per heavy atom. The lowest BCUT2D eigenvalue weighted by molar-refractivity contribution is -0.367. The van der Waals surface area contributed by atoms with E-state index in [1.807, 2.05) is 6.92 Å². The Hall–Kier alpha value is -3.22. The zero-order valence-electron chi connectivity index (χ0n) is 29.4. The molecule has 0 saturated heterocycles. The van der Waals surface area contributed by atoms with Gasteiger partial charge in [-0.1, -0.05) is 31.9 Å². The minimum Gasteiger partial charge on any atom is -0.493 e. The van der Waals surface area contributed by atoms with Crippen LogP contribution in [-0.4, -0.2) is 58.9 Å². The molecule has 0 fully saturated rings. The summed E-state index contributed by atoms with van der Waals surface area (Å²) in [6, 6.07) is 6.80. The number of hydrogen-bond donors (Lipinski definition) is 0. The van der Waals surface area contributed by atoms with Crippen LogP contribution in [0.1, 0.15) is 70.9 Å². The molecule has 0 aliphatic rings. The first-order chi connectivity index (χ1) is 24.6. The fraction of sp³-hybridized carbons (Fsp3) is 0.571. The first kappa shape index (κ1) is 44.2. The average Bonchev–Trinajstić information content (AvgIpc) is 3.07. The number of rotatable bonds is 21. The van der Waals surface area contributed by atoms with Crippen LogP contribution in [0.15, 0.2) is 51.7 Å². The molecular weight excluding hydrogens is 753 g/mol. The normalized spacial score (nSPS) is 13.6. The third-order valence-electron chi connectivity index (χ3n) is 8.29. The van der Waals surface area contributed by atoms with E-state index < -0.39 is 86.5 Å². The first-order valence-electron chi connectivity index (χ1n) is 17.0. The molecule has 3 rings (SSSR count). The molecule has 0 aliphatic heterocycles. The zero-order chi connectivity index (χ0) is 39.9. The lowest BCUT2D eigenvalue weighted by Crippen LogP contribution is -2.62. The molecule has 0 atom stereocenters. The third kappa shape index (κ3) is 10.1. The van der Waals surface area contributed by atoms with Gasteiger partial charge in [-0.15, -0.1) is 0 Å². The second kappa shape index (κ2) is 17.5. The number of benzene rings is 2. The molecule has 0 amide bonds. The van der Waals surface area contributed by atoms with Gasteiger partial charge in [-0.2, -0.15) is 48.3 Å². The summed E-state index contributed by atoms with van der Waals surface area (Å²) < 4.78 is 185. The number of fused-ring (bicyclic) bond motifs is 1. The summed E-state index contributed by atoms with van der Waals surface area (Å²) in [5.41, 5.74) is -3.01. The van der Waals surface area contributed by atoms with Crippen LogP contribution in [0.25, 0.3) is 22.1 Å². The minimum absolute atomic E-state index is 0.0657. The smallest absolute Gasteiger partial charge is 0.493 e. The predicted octanol–water partition coefficient (Wildman–Crippen LogP) is 11.0. The minimum atomic E-state index is -6.56. The van der Waals surface area contributed by atoms with Gasteiger partial charge in [-0.05, 0) is 63.4 Å². The van der Waals surface area contributed by atoms with Crippen molar-refractivity contribution in [1.29, 1.82) is 0 Å². The highest BCUT2D eigenvalue weighted by molar-refractivity contribution is 6.60. The molecule has 1 heterocycles. The Labute approximate surface area is 299 Å². The largest absolute Gasteiger partial charge is 0.501 e. The Morgan fingerprint density at radius 2 is 1.26 bits per heavy atom. The molecule has 0 saturated carbocycles. The van der Waals surface area contributed by atoms with Crippen LogP contribution in [-0.2, 0) is 25.9 Å². The summed E-state index contributed by atoms with van der Waals surface area (Å²) in [7, 11) is -4.05. The quantitative estimate of drug-likeness (QED) is 0.0463. The van der Waals surface area contributed by atoms with Gasteiger partial charge in [-0.3, -0.25) is 0 Å². The number of aryl methyl sites for hydroxylation is 1. The molecule has 0 N–H and O–H groups in total. The van der Waals surface area contributed by atoms with Crippen molar-refractivity contribution in [3.63, 3.8) is 0 Å². The van der Waals surface area contributed by atoms with Crippen molar-refractivity contribution in [2.45, 2.75) is 102 Å². The highest BCUT2D eigenvalue weighted by Gasteiger charge is 2.80. The van der Waals surface area contributed by atoms with Gasteiger partial charge in [0.1, 0.15) is 11.3 Å². The Kier molecular flexibility index (Phi) is 14.6. The molecule has 3 aromatic rings. The van der Waals surface area contributed by atoms with Crippen LogP contribution in [0, 0.1) is 0 Å². The molecule has 0 spiro atoms. The van der Waals surface area contributed by atoms with E-state index >= 15 is 0 Å². The molecule has 0 radical (unpaired) electrons. The summed E-state index contributed by atoms with van der Waals surface area (Å²) in [5, 5.41) is 0.0657. The van der Waals surface area contributed by atoms with Crippen molar-refractivity contribution in [3.8, 4) is 16.9 Å². The van der Waals surface area contributed by atoms with E-state index in [2.05, 4.69) is 0 Å². The van der Waals surface area contributed by atoms with E-state index in [-0.39, 0.29) is 36.5 Å². The average molecular weight is 795 g/mol. The van der Waals surface area contributed by atoms with Crippen LogP contribution in [0.2, 0.25) is 6.04 Å². The van der Waals surface area contributed by atoms with Gasteiger partial charge in [-0.25, -0.2) is 4.79 Å². The van der Waals surface area contributed by atoms with E-state index in [9.17, 15) is 53.1 Å². The topological polar surface area (TPSA) is 67.1 Å². The summed E-state index contributed by atoms with van der Waals surface area (Å²) in [6.07, 6.45) is -6.24.